The van der Waals surface area contributed by atoms with E-state index in [2.05, 4.69) is 5.32 Å². The minimum atomic E-state index is -1.27. The molecule has 114 valence electrons. The number of hydrogen-bond acceptors (Lipinski definition) is 4. The standard InChI is InChI=1S/C14H17NO6/c16-12(9-21-8-10-4-2-1-3-5-10)15-11(14(19)20)6-7-13(17)18/h1-5,11H,6-9H2,(H,15,16)(H,17,18)(H,19,20)/t11-/m1/s1. The molecule has 0 aliphatic heterocycles. The monoisotopic (exact) mass is 295 g/mol. The summed E-state index contributed by atoms with van der Waals surface area (Å²) in [6, 6.07) is 7.98. The highest BCUT2D eigenvalue weighted by atomic mass is 16.5. The molecule has 1 aromatic carbocycles. The van der Waals surface area contributed by atoms with E-state index in [4.69, 9.17) is 14.9 Å². The van der Waals surface area contributed by atoms with Crippen LogP contribution in [-0.2, 0) is 25.7 Å². The lowest BCUT2D eigenvalue weighted by molar-refractivity contribution is -0.143. The number of benzene rings is 1. The van der Waals surface area contributed by atoms with Gasteiger partial charge >= 0.3 is 11.9 Å². The van der Waals surface area contributed by atoms with Crippen LogP contribution in [0.1, 0.15) is 18.4 Å². The van der Waals surface area contributed by atoms with Crippen molar-refractivity contribution in [1.29, 1.82) is 0 Å². The van der Waals surface area contributed by atoms with E-state index in [1.54, 1.807) is 0 Å². The summed E-state index contributed by atoms with van der Waals surface area (Å²) in [5.74, 6) is -2.98. The van der Waals surface area contributed by atoms with Crippen LogP contribution in [0.25, 0.3) is 0 Å². The summed E-state index contributed by atoms with van der Waals surface area (Å²) in [6.45, 7) is -0.0487. The number of nitrogens with one attached hydrogen (secondary N) is 1. The highest BCUT2D eigenvalue weighted by Gasteiger charge is 2.20. The van der Waals surface area contributed by atoms with Crippen LogP contribution in [0.5, 0.6) is 0 Å². The number of carbonyl (C=O) groups is 3. The molecule has 1 aromatic rings. The third-order valence-electron chi connectivity index (χ3n) is 2.62. The van der Waals surface area contributed by atoms with Gasteiger partial charge in [0.05, 0.1) is 6.61 Å². The van der Waals surface area contributed by atoms with Gasteiger partial charge in [0, 0.05) is 6.42 Å². The van der Waals surface area contributed by atoms with Gasteiger partial charge in [-0.05, 0) is 12.0 Å². The lowest BCUT2D eigenvalue weighted by Gasteiger charge is -2.13. The topological polar surface area (TPSA) is 113 Å². The average molecular weight is 295 g/mol. The Morgan fingerprint density at radius 3 is 2.38 bits per heavy atom. The molecule has 0 aliphatic rings. The van der Waals surface area contributed by atoms with E-state index in [1.807, 2.05) is 30.3 Å². The molecule has 0 heterocycles. The fraction of sp³-hybridized carbons (Fsp3) is 0.357. The zero-order valence-electron chi connectivity index (χ0n) is 11.3. The normalized spacial score (nSPS) is 11.6. The molecular formula is C14H17NO6. The Kier molecular flexibility index (Phi) is 6.90. The molecule has 0 bridgehead atoms. The largest absolute Gasteiger partial charge is 0.481 e. The van der Waals surface area contributed by atoms with Crippen LogP contribution in [0.4, 0.5) is 0 Å². The van der Waals surface area contributed by atoms with E-state index in [0.717, 1.165) is 5.56 Å². The lowest BCUT2D eigenvalue weighted by Crippen LogP contribution is -2.42. The second-order valence-corrected chi connectivity index (χ2v) is 4.37. The van der Waals surface area contributed by atoms with Gasteiger partial charge in [-0.1, -0.05) is 30.3 Å². The Bertz CT molecular complexity index is 487. The fourth-order valence-corrected chi connectivity index (χ4v) is 1.60. The number of hydrogen-bond donors (Lipinski definition) is 3. The van der Waals surface area contributed by atoms with E-state index in [9.17, 15) is 14.4 Å². The van der Waals surface area contributed by atoms with Gasteiger partial charge < -0.3 is 20.3 Å². The van der Waals surface area contributed by atoms with Crippen LogP contribution in [0.15, 0.2) is 30.3 Å². The summed E-state index contributed by atoms with van der Waals surface area (Å²) >= 11 is 0. The summed E-state index contributed by atoms with van der Waals surface area (Å²) in [6.07, 6.45) is -0.503. The zero-order chi connectivity index (χ0) is 15.7. The van der Waals surface area contributed by atoms with Crippen molar-refractivity contribution in [3.63, 3.8) is 0 Å². The van der Waals surface area contributed by atoms with E-state index < -0.39 is 23.9 Å². The zero-order valence-corrected chi connectivity index (χ0v) is 11.3. The van der Waals surface area contributed by atoms with Crippen LogP contribution in [0.2, 0.25) is 0 Å². The van der Waals surface area contributed by atoms with Crippen molar-refractivity contribution in [3.8, 4) is 0 Å². The summed E-state index contributed by atoms with van der Waals surface area (Å²) < 4.78 is 5.17. The molecule has 21 heavy (non-hydrogen) atoms. The first kappa shape index (κ1) is 16.6. The van der Waals surface area contributed by atoms with Crippen molar-refractivity contribution in [2.24, 2.45) is 0 Å². The lowest BCUT2D eigenvalue weighted by atomic mass is 10.1. The number of ether oxygens (including phenoxy) is 1. The summed E-state index contributed by atoms with van der Waals surface area (Å²) in [5.41, 5.74) is 0.894. The molecule has 0 saturated heterocycles. The molecule has 3 N–H and O–H groups in total. The smallest absolute Gasteiger partial charge is 0.326 e. The van der Waals surface area contributed by atoms with E-state index in [-0.39, 0.29) is 26.1 Å². The van der Waals surface area contributed by atoms with Crippen LogP contribution in [-0.4, -0.2) is 40.7 Å². The third-order valence-corrected chi connectivity index (χ3v) is 2.62. The number of rotatable bonds is 9. The van der Waals surface area contributed by atoms with E-state index in [1.165, 1.54) is 0 Å². The predicted octanol–water partition coefficient (Wildman–Crippen LogP) is 0.637. The van der Waals surface area contributed by atoms with Crippen molar-refractivity contribution in [2.75, 3.05) is 6.61 Å². The molecule has 0 fully saturated rings. The van der Waals surface area contributed by atoms with E-state index >= 15 is 0 Å². The highest BCUT2D eigenvalue weighted by molar-refractivity contribution is 5.84. The molecule has 1 amide bonds. The summed E-state index contributed by atoms with van der Waals surface area (Å²) in [4.78, 5) is 32.9. The second kappa shape index (κ2) is 8.70. The Hall–Kier alpha value is -2.41. The maximum atomic E-state index is 11.5. The minimum absolute atomic E-state index is 0.172. The highest BCUT2D eigenvalue weighted by Crippen LogP contribution is 2.01. The quantitative estimate of drug-likeness (QED) is 0.616. The Morgan fingerprint density at radius 2 is 1.81 bits per heavy atom. The number of aliphatic carboxylic acids is 2. The molecule has 0 saturated carbocycles. The number of amides is 1. The van der Waals surface area contributed by atoms with Crippen LogP contribution < -0.4 is 5.32 Å². The average Bonchev–Trinajstić information content (AvgIpc) is 2.44. The van der Waals surface area contributed by atoms with Gasteiger partial charge in [0.15, 0.2) is 0 Å². The van der Waals surface area contributed by atoms with Gasteiger partial charge in [0.1, 0.15) is 12.6 Å². The third kappa shape index (κ3) is 7.07. The van der Waals surface area contributed by atoms with Gasteiger partial charge in [-0.15, -0.1) is 0 Å². The maximum Gasteiger partial charge on any atom is 0.326 e. The molecule has 7 heteroatoms. The SMILES string of the molecule is O=C(O)CC[C@@H](NC(=O)COCc1ccccc1)C(=O)O. The number of carbonyl (C=O) groups excluding carboxylic acids is 1. The second-order valence-electron chi connectivity index (χ2n) is 4.37. The summed E-state index contributed by atoms with van der Waals surface area (Å²) in [5, 5.41) is 19.6. The summed E-state index contributed by atoms with van der Waals surface area (Å²) in [7, 11) is 0. The van der Waals surface area contributed by atoms with Gasteiger partial charge in [-0.2, -0.15) is 0 Å². The van der Waals surface area contributed by atoms with Crippen LogP contribution in [0.3, 0.4) is 0 Å². The van der Waals surface area contributed by atoms with Gasteiger partial charge in [0.2, 0.25) is 5.91 Å². The van der Waals surface area contributed by atoms with Crippen LogP contribution >= 0.6 is 0 Å². The molecule has 0 aromatic heterocycles. The van der Waals surface area contributed by atoms with Crippen molar-refractivity contribution >= 4 is 17.8 Å². The molecule has 0 aliphatic carbocycles. The van der Waals surface area contributed by atoms with Crippen molar-refractivity contribution < 1.29 is 29.3 Å². The minimum Gasteiger partial charge on any atom is -0.481 e. The molecular weight excluding hydrogens is 278 g/mol. The first-order valence-corrected chi connectivity index (χ1v) is 6.34. The Labute approximate surface area is 121 Å². The number of carboxylic acid groups (broad SMARTS) is 2. The first-order valence-electron chi connectivity index (χ1n) is 6.34. The predicted molar refractivity (Wildman–Crippen MR) is 72.5 cm³/mol. The van der Waals surface area contributed by atoms with Crippen molar-refractivity contribution in [1.82, 2.24) is 5.32 Å². The maximum absolute atomic E-state index is 11.5. The number of carboxylic acids is 2. The van der Waals surface area contributed by atoms with Crippen molar-refractivity contribution in [2.45, 2.75) is 25.5 Å². The molecule has 1 atom stereocenters. The molecule has 7 nitrogen and oxygen atoms in total. The molecule has 0 radical (unpaired) electrons. The fourth-order valence-electron chi connectivity index (χ4n) is 1.60. The van der Waals surface area contributed by atoms with Gasteiger partial charge in [0.25, 0.3) is 0 Å². The Balaban J connectivity index is 2.33. The molecule has 0 unspecified atom stereocenters. The molecule has 1 rings (SSSR count). The van der Waals surface area contributed by atoms with Crippen molar-refractivity contribution in [3.05, 3.63) is 35.9 Å². The molecule has 0 spiro atoms. The van der Waals surface area contributed by atoms with Gasteiger partial charge in [-0.3, -0.25) is 9.59 Å². The van der Waals surface area contributed by atoms with Crippen LogP contribution in [0, 0.1) is 0 Å². The van der Waals surface area contributed by atoms with E-state index in [0.29, 0.717) is 0 Å². The first-order chi connectivity index (χ1) is 9.99. The Morgan fingerprint density at radius 1 is 1.14 bits per heavy atom. The van der Waals surface area contributed by atoms with Gasteiger partial charge in [-0.25, -0.2) is 4.79 Å².